The summed E-state index contributed by atoms with van der Waals surface area (Å²) in [6, 6.07) is 4.43. The van der Waals surface area contributed by atoms with Gasteiger partial charge in [0.15, 0.2) is 0 Å². The Balaban J connectivity index is 2.21. The van der Waals surface area contributed by atoms with Crippen LogP contribution >= 0.6 is 0 Å². The standard InChI is InChI=1S/C12H10F3N3O/c1-7-10(17-6-16-7)11(19)18-9-4-2-3-8(5-9)12(13,14)15/h2-6H,1H3,(H,16,17)(H,18,19). The first kappa shape index (κ1) is 13.1. The van der Waals surface area contributed by atoms with Gasteiger partial charge in [0.25, 0.3) is 5.91 Å². The average Bonchev–Trinajstić information content (AvgIpc) is 2.75. The van der Waals surface area contributed by atoms with Gasteiger partial charge < -0.3 is 10.3 Å². The van der Waals surface area contributed by atoms with Gasteiger partial charge in [-0.05, 0) is 25.1 Å². The summed E-state index contributed by atoms with van der Waals surface area (Å²) in [5.41, 5.74) is -0.0480. The SMILES string of the molecule is Cc1[nH]cnc1C(=O)Nc1cccc(C(F)(F)F)c1. The van der Waals surface area contributed by atoms with Crippen molar-refractivity contribution in [3.8, 4) is 0 Å². The Morgan fingerprint density at radius 3 is 2.68 bits per heavy atom. The second-order valence-electron chi connectivity index (χ2n) is 3.91. The predicted octanol–water partition coefficient (Wildman–Crippen LogP) is 2.99. The van der Waals surface area contributed by atoms with E-state index in [4.69, 9.17) is 0 Å². The smallest absolute Gasteiger partial charge is 0.348 e. The lowest BCUT2D eigenvalue weighted by atomic mass is 10.2. The van der Waals surface area contributed by atoms with Crippen LogP contribution in [-0.2, 0) is 6.18 Å². The first-order chi connectivity index (χ1) is 8.88. The Kier molecular flexibility index (Phi) is 3.28. The number of benzene rings is 1. The summed E-state index contributed by atoms with van der Waals surface area (Å²) < 4.78 is 37.5. The van der Waals surface area contributed by atoms with Gasteiger partial charge >= 0.3 is 6.18 Å². The van der Waals surface area contributed by atoms with Crippen molar-refractivity contribution in [1.82, 2.24) is 9.97 Å². The number of aromatic amines is 1. The number of halogens is 3. The highest BCUT2D eigenvalue weighted by molar-refractivity contribution is 6.03. The van der Waals surface area contributed by atoms with E-state index in [9.17, 15) is 18.0 Å². The van der Waals surface area contributed by atoms with Crippen molar-refractivity contribution >= 4 is 11.6 Å². The molecule has 0 spiro atoms. The highest BCUT2D eigenvalue weighted by atomic mass is 19.4. The first-order valence-electron chi connectivity index (χ1n) is 5.36. The molecule has 0 aliphatic heterocycles. The molecule has 19 heavy (non-hydrogen) atoms. The zero-order valence-corrected chi connectivity index (χ0v) is 9.88. The molecule has 7 heteroatoms. The number of hydrogen-bond donors (Lipinski definition) is 2. The molecule has 2 rings (SSSR count). The van der Waals surface area contributed by atoms with Gasteiger partial charge in [0.2, 0.25) is 0 Å². The molecule has 1 aromatic heterocycles. The third-order valence-electron chi connectivity index (χ3n) is 2.49. The molecule has 2 aromatic rings. The zero-order valence-electron chi connectivity index (χ0n) is 9.88. The van der Waals surface area contributed by atoms with Crippen molar-refractivity contribution in [1.29, 1.82) is 0 Å². The number of carbonyl (C=O) groups excluding carboxylic acids is 1. The van der Waals surface area contributed by atoms with Crippen LogP contribution in [0.15, 0.2) is 30.6 Å². The number of nitrogens with one attached hydrogen (secondary N) is 2. The Morgan fingerprint density at radius 1 is 1.37 bits per heavy atom. The largest absolute Gasteiger partial charge is 0.416 e. The number of imidazole rings is 1. The second-order valence-corrected chi connectivity index (χ2v) is 3.91. The Labute approximate surface area is 106 Å². The van der Waals surface area contributed by atoms with E-state index in [1.54, 1.807) is 6.92 Å². The molecule has 0 saturated carbocycles. The number of aryl methyl sites for hydroxylation is 1. The van der Waals surface area contributed by atoms with Gasteiger partial charge in [0.1, 0.15) is 5.69 Å². The number of anilines is 1. The molecular formula is C12H10F3N3O. The van der Waals surface area contributed by atoms with E-state index >= 15 is 0 Å². The van der Waals surface area contributed by atoms with E-state index in [2.05, 4.69) is 15.3 Å². The molecule has 4 nitrogen and oxygen atoms in total. The molecule has 1 amide bonds. The minimum Gasteiger partial charge on any atom is -0.348 e. The molecule has 0 unspecified atom stereocenters. The molecule has 0 aliphatic carbocycles. The molecule has 0 bridgehead atoms. The Morgan fingerprint density at radius 2 is 2.11 bits per heavy atom. The number of alkyl halides is 3. The number of carbonyl (C=O) groups is 1. The van der Waals surface area contributed by atoms with Gasteiger partial charge in [-0.25, -0.2) is 4.98 Å². The topological polar surface area (TPSA) is 57.8 Å². The fraction of sp³-hybridized carbons (Fsp3) is 0.167. The van der Waals surface area contributed by atoms with E-state index in [1.165, 1.54) is 18.5 Å². The average molecular weight is 269 g/mol. The highest BCUT2D eigenvalue weighted by Crippen LogP contribution is 2.30. The maximum atomic E-state index is 12.5. The fourth-order valence-electron chi connectivity index (χ4n) is 1.55. The number of hydrogen-bond acceptors (Lipinski definition) is 2. The van der Waals surface area contributed by atoms with Crippen LogP contribution in [-0.4, -0.2) is 15.9 Å². The predicted molar refractivity (Wildman–Crippen MR) is 62.7 cm³/mol. The van der Waals surface area contributed by atoms with Crippen molar-refractivity contribution in [3.05, 3.63) is 47.5 Å². The molecule has 1 aromatic carbocycles. The molecule has 100 valence electrons. The lowest BCUT2D eigenvalue weighted by Crippen LogP contribution is -2.14. The van der Waals surface area contributed by atoms with E-state index in [0.717, 1.165) is 12.1 Å². The maximum Gasteiger partial charge on any atom is 0.416 e. The minimum atomic E-state index is -4.44. The van der Waals surface area contributed by atoms with Gasteiger partial charge in [-0.1, -0.05) is 6.07 Å². The molecular weight excluding hydrogens is 259 g/mol. The van der Waals surface area contributed by atoms with Crippen molar-refractivity contribution in [2.75, 3.05) is 5.32 Å². The molecule has 0 fully saturated rings. The number of nitrogens with zero attached hydrogens (tertiary/aromatic N) is 1. The van der Waals surface area contributed by atoms with Crippen LogP contribution in [0.4, 0.5) is 18.9 Å². The molecule has 1 heterocycles. The quantitative estimate of drug-likeness (QED) is 0.880. The van der Waals surface area contributed by atoms with Crippen LogP contribution in [0.5, 0.6) is 0 Å². The van der Waals surface area contributed by atoms with Gasteiger partial charge in [-0.15, -0.1) is 0 Å². The fourth-order valence-corrected chi connectivity index (χ4v) is 1.55. The summed E-state index contributed by atoms with van der Waals surface area (Å²) >= 11 is 0. The monoisotopic (exact) mass is 269 g/mol. The molecule has 2 N–H and O–H groups in total. The van der Waals surface area contributed by atoms with Crippen LogP contribution in [0.3, 0.4) is 0 Å². The second kappa shape index (κ2) is 4.75. The molecule has 0 atom stereocenters. The number of H-pyrrole nitrogens is 1. The summed E-state index contributed by atoms with van der Waals surface area (Å²) in [5, 5.41) is 2.38. The maximum absolute atomic E-state index is 12.5. The van der Waals surface area contributed by atoms with Crippen molar-refractivity contribution < 1.29 is 18.0 Å². The van der Waals surface area contributed by atoms with Crippen LogP contribution in [0.1, 0.15) is 21.7 Å². The van der Waals surface area contributed by atoms with E-state index in [0.29, 0.717) is 5.69 Å². The van der Waals surface area contributed by atoms with Gasteiger partial charge in [-0.3, -0.25) is 4.79 Å². The summed E-state index contributed by atoms with van der Waals surface area (Å²) in [7, 11) is 0. The van der Waals surface area contributed by atoms with Crippen LogP contribution in [0.25, 0.3) is 0 Å². The van der Waals surface area contributed by atoms with Crippen molar-refractivity contribution in [2.45, 2.75) is 13.1 Å². The molecule has 0 radical (unpaired) electrons. The van der Waals surface area contributed by atoms with Gasteiger partial charge in [-0.2, -0.15) is 13.2 Å². The van der Waals surface area contributed by atoms with Gasteiger partial charge in [0, 0.05) is 11.4 Å². The van der Waals surface area contributed by atoms with Crippen LogP contribution in [0, 0.1) is 6.92 Å². The normalized spacial score (nSPS) is 11.4. The van der Waals surface area contributed by atoms with E-state index in [-0.39, 0.29) is 11.4 Å². The molecule has 0 aliphatic rings. The summed E-state index contributed by atoms with van der Waals surface area (Å²) in [5.74, 6) is -0.557. The van der Waals surface area contributed by atoms with Crippen molar-refractivity contribution in [3.63, 3.8) is 0 Å². The van der Waals surface area contributed by atoms with Gasteiger partial charge in [0.05, 0.1) is 11.9 Å². The first-order valence-corrected chi connectivity index (χ1v) is 5.36. The van der Waals surface area contributed by atoms with Crippen molar-refractivity contribution in [2.24, 2.45) is 0 Å². The summed E-state index contributed by atoms with van der Waals surface area (Å²) in [6.45, 7) is 1.65. The van der Waals surface area contributed by atoms with E-state index < -0.39 is 17.6 Å². The lowest BCUT2D eigenvalue weighted by Gasteiger charge is -2.09. The van der Waals surface area contributed by atoms with E-state index in [1.807, 2.05) is 0 Å². The van der Waals surface area contributed by atoms with Crippen LogP contribution in [0.2, 0.25) is 0 Å². The summed E-state index contributed by atoms with van der Waals surface area (Å²) in [4.78, 5) is 18.3. The Bertz CT molecular complexity index is 604. The minimum absolute atomic E-state index is 0.0715. The highest BCUT2D eigenvalue weighted by Gasteiger charge is 2.30. The number of rotatable bonds is 2. The lowest BCUT2D eigenvalue weighted by molar-refractivity contribution is -0.137. The zero-order chi connectivity index (χ0) is 14.0. The summed E-state index contributed by atoms with van der Waals surface area (Å²) in [6.07, 6.45) is -3.10. The molecule has 0 saturated heterocycles. The van der Waals surface area contributed by atoms with Crippen LogP contribution < -0.4 is 5.32 Å². The number of amides is 1. The third kappa shape index (κ3) is 2.93. The third-order valence-corrected chi connectivity index (χ3v) is 2.49. The Hall–Kier alpha value is -2.31. The number of aromatic nitrogens is 2.